The highest BCUT2D eigenvalue weighted by molar-refractivity contribution is 7.99. The number of rotatable bonds is 7. The lowest BCUT2D eigenvalue weighted by molar-refractivity contribution is -0.116. The highest BCUT2D eigenvalue weighted by Gasteiger charge is 2.20. The molecule has 0 atom stereocenters. The normalized spacial score (nSPS) is 11.1. The van der Waals surface area contributed by atoms with Crippen molar-refractivity contribution in [2.24, 2.45) is 0 Å². The lowest BCUT2D eigenvalue weighted by Gasteiger charge is -2.27. The summed E-state index contributed by atoms with van der Waals surface area (Å²) in [7, 11) is 0. The number of hydrogen-bond acceptors (Lipinski definition) is 4. The Hall–Kier alpha value is -3.38. The van der Waals surface area contributed by atoms with Crippen LogP contribution in [0.2, 0.25) is 0 Å². The van der Waals surface area contributed by atoms with Crippen LogP contribution < -0.4 is 10.5 Å². The SMILES string of the molecule is CC(C)N(C(=O)CSc1nc2ccccc2c(=O)n1Cc1ccccc1)c1ccccc1. The molecule has 5 nitrogen and oxygen atoms in total. The summed E-state index contributed by atoms with van der Waals surface area (Å²) in [5.74, 6) is 0.164. The van der Waals surface area contributed by atoms with Crippen molar-refractivity contribution in [1.82, 2.24) is 9.55 Å². The van der Waals surface area contributed by atoms with E-state index in [1.54, 1.807) is 15.5 Å². The largest absolute Gasteiger partial charge is 0.309 e. The van der Waals surface area contributed by atoms with Crippen LogP contribution in [0.1, 0.15) is 19.4 Å². The summed E-state index contributed by atoms with van der Waals surface area (Å²) in [6.45, 7) is 4.39. The van der Waals surface area contributed by atoms with Crippen molar-refractivity contribution < 1.29 is 4.79 Å². The van der Waals surface area contributed by atoms with E-state index in [2.05, 4.69) is 0 Å². The highest BCUT2D eigenvalue weighted by Crippen LogP contribution is 2.22. The lowest BCUT2D eigenvalue weighted by Crippen LogP contribution is -2.38. The van der Waals surface area contributed by atoms with Crippen molar-refractivity contribution in [3.05, 3.63) is 101 Å². The van der Waals surface area contributed by atoms with Crippen LogP contribution >= 0.6 is 11.8 Å². The van der Waals surface area contributed by atoms with Gasteiger partial charge in [-0.05, 0) is 43.7 Å². The molecule has 32 heavy (non-hydrogen) atoms. The van der Waals surface area contributed by atoms with Crippen LogP contribution in [0.3, 0.4) is 0 Å². The second-order valence-electron chi connectivity index (χ2n) is 7.77. The maximum atomic E-state index is 13.3. The zero-order valence-corrected chi connectivity index (χ0v) is 19.0. The molecular formula is C26H25N3O2S. The second kappa shape index (κ2) is 9.83. The molecule has 0 unspecified atom stereocenters. The number of carbonyl (C=O) groups excluding carboxylic acids is 1. The van der Waals surface area contributed by atoms with E-state index in [0.29, 0.717) is 22.6 Å². The van der Waals surface area contributed by atoms with Crippen molar-refractivity contribution in [2.75, 3.05) is 10.7 Å². The van der Waals surface area contributed by atoms with Crippen molar-refractivity contribution in [3.63, 3.8) is 0 Å². The van der Waals surface area contributed by atoms with E-state index < -0.39 is 0 Å². The number of fused-ring (bicyclic) bond motifs is 1. The van der Waals surface area contributed by atoms with Gasteiger partial charge in [-0.25, -0.2) is 4.98 Å². The van der Waals surface area contributed by atoms with Gasteiger partial charge < -0.3 is 4.90 Å². The van der Waals surface area contributed by atoms with Crippen LogP contribution in [0.5, 0.6) is 0 Å². The molecular weight excluding hydrogens is 418 g/mol. The standard InChI is InChI=1S/C26H25N3O2S/c1-19(2)29(21-13-7-4-8-14-21)24(30)18-32-26-27-23-16-10-9-15-22(23)25(31)28(26)17-20-11-5-3-6-12-20/h3-16,19H,17-18H2,1-2H3. The van der Waals surface area contributed by atoms with Crippen molar-refractivity contribution in [1.29, 1.82) is 0 Å². The van der Waals surface area contributed by atoms with Gasteiger partial charge in [-0.3, -0.25) is 14.2 Å². The Balaban J connectivity index is 1.66. The Labute approximate surface area is 191 Å². The molecule has 0 radical (unpaired) electrons. The molecule has 0 aliphatic rings. The Kier molecular flexibility index (Phi) is 6.71. The lowest BCUT2D eigenvalue weighted by atomic mass is 10.2. The smallest absolute Gasteiger partial charge is 0.262 e. The third-order valence-corrected chi connectivity index (χ3v) is 6.12. The average Bonchev–Trinajstić information content (AvgIpc) is 2.81. The zero-order chi connectivity index (χ0) is 22.5. The van der Waals surface area contributed by atoms with Crippen LogP contribution in [0.15, 0.2) is 94.9 Å². The molecule has 6 heteroatoms. The van der Waals surface area contributed by atoms with Crippen LogP contribution in [0.4, 0.5) is 5.69 Å². The summed E-state index contributed by atoms with van der Waals surface area (Å²) in [4.78, 5) is 33.0. The topological polar surface area (TPSA) is 55.2 Å². The molecule has 0 N–H and O–H groups in total. The summed E-state index contributed by atoms with van der Waals surface area (Å²) in [6, 6.07) is 26.8. The van der Waals surface area contributed by atoms with E-state index in [-0.39, 0.29) is 23.3 Å². The maximum Gasteiger partial charge on any atom is 0.262 e. The molecule has 0 saturated heterocycles. The first-order chi connectivity index (χ1) is 15.5. The Bertz CT molecular complexity index is 1270. The highest BCUT2D eigenvalue weighted by atomic mass is 32.2. The minimum atomic E-state index is -0.0989. The van der Waals surface area contributed by atoms with E-state index in [4.69, 9.17) is 4.98 Å². The van der Waals surface area contributed by atoms with Crippen LogP contribution in [-0.4, -0.2) is 27.3 Å². The van der Waals surface area contributed by atoms with Crippen LogP contribution in [0, 0.1) is 0 Å². The molecule has 0 aliphatic heterocycles. The first-order valence-corrected chi connectivity index (χ1v) is 11.6. The quantitative estimate of drug-likeness (QED) is 0.299. The van der Waals surface area contributed by atoms with E-state index in [9.17, 15) is 9.59 Å². The van der Waals surface area contributed by atoms with Crippen molar-refractivity contribution in [2.45, 2.75) is 31.6 Å². The summed E-state index contributed by atoms with van der Waals surface area (Å²) >= 11 is 1.30. The van der Waals surface area contributed by atoms with E-state index in [1.807, 2.05) is 92.7 Å². The van der Waals surface area contributed by atoms with E-state index in [1.165, 1.54) is 11.8 Å². The maximum absolute atomic E-state index is 13.3. The molecule has 0 aliphatic carbocycles. The van der Waals surface area contributed by atoms with Gasteiger partial charge in [0.1, 0.15) is 0 Å². The fourth-order valence-electron chi connectivity index (χ4n) is 3.68. The number of thioether (sulfide) groups is 1. The Morgan fingerprint density at radius 2 is 1.56 bits per heavy atom. The first kappa shape index (κ1) is 21.8. The summed E-state index contributed by atoms with van der Waals surface area (Å²) in [5, 5.41) is 1.12. The molecule has 1 amide bonds. The molecule has 0 bridgehead atoms. The fourth-order valence-corrected chi connectivity index (χ4v) is 4.54. The van der Waals surface area contributed by atoms with Crippen molar-refractivity contribution >= 4 is 34.3 Å². The zero-order valence-electron chi connectivity index (χ0n) is 18.1. The van der Waals surface area contributed by atoms with Crippen LogP contribution in [0.25, 0.3) is 10.9 Å². The predicted octanol–water partition coefficient (Wildman–Crippen LogP) is 4.98. The summed E-state index contributed by atoms with van der Waals surface area (Å²) in [6.07, 6.45) is 0. The van der Waals surface area contributed by atoms with Crippen molar-refractivity contribution in [3.8, 4) is 0 Å². The number of hydrogen-bond donors (Lipinski definition) is 0. The molecule has 0 spiro atoms. The van der Waals surface area contributed by atoms with Gasteiger partial charge in [0.2, 0.25) is 5.91 Å². The second-order valence-corrected chi connectivity index (χ2v) is 8.71. The number of amides is 1. The van der Waals surface area contributed by atoms with Gasteiger partial charge in [0.05, 0.1) is 23.2 Å². The predicted molar refractivity (Wildman–Crippen MR) is 131 cm³/mol. The van der Waals surface area contributed by atoms with Gasteiger partial charge in [-0.15, -0.1) is 0 Å². The molecule has 1 aromatic heterocycles. The fraction of sp³-hybridized carbons (Fsp3) is 0.192. The number of anilines is 1. The average molecular weight is 444 g/mol. The molecule has 4 rings (SSSR count). The van der Waals surface area contributed by atoms with E-state index >= 15 is 0 Å². The van der Waals surface area contributed by atoms with E-state index in [0.717, 1.165) is 11.3 Å². The molecule has 0 fully saturated rings. The molecule has 1 heterocycles. The number of benzene rings is 3. The number of nitrogens with zero attached hydrogens (tertiary/aromatic N) is 3. The Morgan fingerprint density at radius 3 is 2.25 bits per heavy atom. The molecule has 3 aromatic carbocycles. The molecule has 162 valence electrons. The monoisotopic (exact) mass is 443 g/mol. The first-order valence-electron chi connectivity index (χ1n) is 10.6. The number of carbonyl (C=O) groups is 1. The van der Waals surface area contributed by atoms with Gasteiger partial charge >= 0.3 is 0 Å². The number of para-hydroxylation sites is 2. The van der Waals surface area contributed by atoms with Gasteiger partial charge in [0.25, 0.3) is 5.56 Å². The third kappa shape index (κ3) is 4.75. The van der Waals surface area contributed by atoms with Gasteiger partial charge in [0.15, 0.2) is 5.16 Å². The summed E-state index contributed by atoms with van der Waals surface area (Å²) < 4.78 is 1.66. The minimum absolute atomic E-state index is 0.0153. The molecule has 4 aromatic rings. The van der Waals surface area contributed by atoms with Gasteiger partial charge in [-0.1, -0.05) is 72.4 Å². The summed E-state index contributed by atoms with van der Waals surface area (Å²) in [5.41, 5.74) is 2.41. The minimum Gasteiger partial charge on any atom is -0.309 e. The Morgan fingerprint density at radius 1 is 0.938 bits per heavy atom. The number of aromatic nitrogens is 2. The molecule has 0 saturated carbocycles. The van der Waals surface area contributed by atoms with Gasteiger partial charge in [0, 0.05) is 11.7 Å². The van der Waals surface area contributed by atoms with Gasteiger partial charge in [-0.2, -0.15) is 0 Å². The third-order valence-electron chi connectivity index (χ3n) is 5.15. The van der Waals surface area contributed by atoms with Crippen LogP contribution in [-0.2, 0) is 11.3 Å².